The van der Waals surface area contributed by atoms with Gasteiger partial charge in [0.2, 0.25) is 0 Å². The molecule has 0 fully saturated rings. The maximum absolute atomic E-state index is 9.06. The number of methoxy groups -OCH3 is 1. The highest BCUT2D eigenvalue weighted by Crippen LogP contribution is 2.39. The van der Waals surface area contributed by atoms with Gasteiger partial charge in [-0.2, -0.15) is 0 Å². The van der Waals surface area contributed by atoms with Gasteiger partial charge in [0.15, 0.2) is 11.5 Å². The van der Waals surface area contributed by atoms with Gasteiger partial charge in [-0.25, -0.2) is 0 Å². The van der Waals surface area contributed by atoms with Gasteiger partial charge in [-0.3, -0.25) is 0 Å². The first-order valence-electron chi connectivity index (χ1n) is 2.91. The van der Waals surface area contributed by atoms with Crippen LogP contribution in [-0.2, 0) is 0 Å². The fourth-order valence-corrected chi connectivity index (χ4v) is 0.930. The zero-order valence-corrected chi connectivity index (χ0v) is 6.59. The standard InChI is InChI=1S/C7H7ClO3/c1-11-5-3-2-4(9)7(10)6(5)8/h2-3,9-10H,1H3. The SMILES string of the molecule is COc1ccc(O)c(O)c1Cl. The van der Waals surface area contributed by atoms with Gasteiger partial charge in [0.1, 0.15) is 10.8 Å². The molecule has 60 valence electrons. The van der Waals surface area contributed by atoms with E-state index in [1.54, 1.807) is 0 Å². The number of halogens is 1. The lowest BCUT2D eigenvalue weighted by Crippen LogP contribution is -1.83. The van der Waals surface area contributed by atoms with Crippen LogP contribution in [0, 0.1) is 0 Å². The number of phenols is 2. The Bertz CT molecular complexity index is 273. The minimum Gasteiger partial charge on any atom is -0.504 e. The van der Waals surface area contributed by atoms with Gasteiger partial charge < -0.3 is 14.9 Å². The first-order chi connectivity index (χ1) is 5.16. The van der Waals surface area contributed by atoms with Crippen LogP contribution >= 0.6 is 11.6 Å². The molecular weight excluding hydrogens is 168 g/mol. The normalized spacial score (nSPS) is 9.64. The minimum absolute atomic E-state index is 0.0208. The third-order valence-corrected chi connectivity index (χ3v) is 1.64. The molecule has 0 aliphatic heterocycles. The average molecular weight is 175 g/mol. The molecule has 0 bridgehead atoms. The van der Waals surface area contributed by atoms with Crippen molar-refractivity contribution in [2.45, 2.75) is 0 Å². The summed E-state index contributed by atoms with van der Waals surface area (Å²) in [5.74, 6) is -0.274. The summed E-state index contributed by atoms with van der Waals surface area (Å²) in [5.41, 5.74) is 0. The van der Waals surface area contributed by atoms with Gasteiger partial charge in [-0.05, 0) is 12.1 Å². The molecular formula is C7H7ClO3. The van der Waals surface area contributed by atoms with Crippen LogP contribution in [0.5, 0.6) is 17.2 Å². The summed E-state index contributed by atoms with van der Waals surface area (Å²) in [5, 5.41) is 18.0. The van der Waals surface area contributed by atoms with Gasteiger partial charge in [0.05, 0.1) is 7.11 Å². The molecule has 0 unspecified atom stereocenters. The van der Waals surface area contributed by atoms with Crippen LogP contribution in [0.4, 0.5) is 0 Å². The number of ether oxygens (including phenoxy) is 1. The Labute approximate surface area is 68.8 Å². The zero-order valence-electron chi connectivity index (χ0n) is 5.84. The molecule has 4 heteroatoms. The quantitative estimate of drug-likeness (QED) is 0.638. The first kappa shape index (κ1) is 8.01. The van der Waals surface area contributed by atoms with E-state index in [-0.39, 0.29) is 16.5 Å². The summed E-state index contributed by atoms with van der Waals surface area (Å²) in [4.78, 5) is 0. The Kier molecular flexibility index (Phi) is 2.10. The van der Waals surface area contributed by atoms with Crippen LogP contribution in [-0.4, -0.2) is 17.3 Å². The predicted octanol–water partition coefficient (Wildman–Crippen LogP) is 1.76. The zero-order chi connectivity index (χ0) is 8.43. The summed E-state index contributed by atoms with van der Waals surface area (Å²) in [7, 11) is 1.43. The first-order valence-corrected chi connectivity index (χ1v) is 3.29. The van der Waals surface area contributed by atoms with Crippen LogP contribution in [0.3, 0.4) is 0 Å². The van der Waals surface area contributed by atoms with Gasteiger partial charge in [0.25, 0.3) is 0 Å². The number of benzene rings is 1. The van der Waals surface area contributed by atoms with Crippen molar-refractivity contribution < 1.29 is 14.9 Å². The Hall–Kier alpha value is -1.09. The fraction of sp³-hybridized carbons (Fsp3) is 0.143. The molecule has 1 rings (SSSR count). The predicted molar refractivity (Wildman–Crippen MR) is 41.3 cm³/mol. The monoisotopic (exact) mass is 174 g/mol. The smallest absolute Gasteiger partial charge is 0.180 e. The largest absolute Gasteiger partial charge is 0.504 e. The van der Waals surface area contributed by atoms with Crippen molar-refractivity contribution in [3.8, 4) is 17.2 Å². The van der Waals surface area contributed by atoms with Crippen LogP contribution in [0.2, 0.25) is 5.02 Å². The van der Waals surface area contributed by atoms with E-state index < -0.39 is 0 Å². The Balaban J connectivity index is 3.25. The highest BCUT2D eigenvalue weighted by molar-refractivity contribution is 6.33. The molecule has 0 saturated heterocycles. The second-order valence-corrected chi connectivity index (χ2v) is 2.33. The summed E-state index contributed by atoms with van der Waals surface area (Å²) in [6, 6.07) is 2.78. The van der Waals surface area contributed by atoms with Gasteiger partial charge in [-0.15, -0.1) is 0 Å². The van der Waals surface area contributed by atoms with E-state index >= 15 is 0 Å². The van der Waals surface area contributed by atoms with E-state index in [1.807, 2.05) is 0 Å². The van der Waals surface area contributed by atoms with E-state index in [2.05, 4.69) is 0 Å². The van der Waals surface area contributed by atoms with Crippen molar-refractivity contribution in [1.29, 1.82) is 0 Å². The lowest BCUT2D eigenvalue weighted by atomic mass is 10.3. The molecule has 1 aromatic rings. The summed E-state index contributed by atoms with van der Waals surface area (Å²) in [6.45, 7) is 0. The van der Waals surface area contributed by atoms with Crippen LogP contribution in [0.15, 0.2) is 12.1 Å². The molecule has 0 atom stereocenters. The number of hydrogen-bond donors (Lipinski definition) is 2. The van der Waals surface area contributed by atoms with Gasteiger partial charge >= 0.3 is 0 Å². The van der Waals surface area contributed by atoms with E-state index in [9.17, 15) is 0 Å². The third-order valence-electron chi connectivity index (χ3n) is 1.28. The summed E-state index contributed by atoms with van der Waals surface area (Å²) < 4.78 is 4.78. The maximum Gasteiger partial charge on any atom is 0.180 e. The fourth-order valence-electron chi connectivity index (χ4n) is 0.694. The van der Waals surface area contributed by atoms with E-state index in [1.165, 1.54) is 19.2 Å². The lowest BCUT2D eigenvalue weighted by Gasteiger charge is -2.04. The van der Waals surface area contributed by atoms with Gasteiger partial charge in [-0.1, -0.05) is 11.6 Å². The Morgan fingerprint density at radius 1 is 1.36 bits per heavy atom. The minimum atomic E-state index is -0.356. The number of hydrogen-bond acceptors (Lipinski definition) is 3. The second kappa shape index (κ2) is 2.88. The molecule has 0 amide bonds. The molecule has 11 heavy (non-hydrogen) atoms. The van der Waals surface area contributed by atoms with Crippen LogP contribution in [0.25, 0.3) is 0 Å². The summed E-state index contributed by atoms with van der Waals surface area (Å²) >= 11 is 5.56. The highest BCUT2D eigenvalue weighted by atomic mass is 35.5. The van der Waals surface area contributed by atoms with E-state index in [4.69, 9.17) is 26.6 Å². The molecule has 3 nitrogen and oxygen atoms in total. The molecule has 0 aliphatic rings. The van der Waals surface area contributed by atoms with Crippen molar-refractivity contribution in [1.82, 2.24) is 0 Å². The molecule has 0 heterocycles. The number of phenolic OH excluding ortho intramolecular Hbond substituents is 2. The number of aromatic hydroxyl groups is 2. The maximum atomic E-state index is 9.06. The summed E-state index contributed by atoms with van der Waals surface area (Å²) in [6.07, 6.45) is 0. The van der Waals surface area contributed by atoms with Crippen molar-refractivity contribution in [2.24, 2.45) is 0 Å². The van der Waals surface area contributed by atoms with E-state index in [0.29, 0.717) is 5.75 Å². The second-order valence-electron chi connectivity index (χ2n) is 1.95. The average Bonchev–Trinajstić information content (AvgIpc) is 2.01. The topological polar surface area (TPSA) is 49.7 Å². The molecule has 2 N–H and O–H groups in total. The molecule has 0 radical (unpaired) electrons. The molecule has 0 saturated carbocycles. The third kappa shape index (κ3) is 1.33. The Morgan fingerprint density at radius 2 is 2.00 bits per heavy atom. The highest BCUT2D eigenvalue weighted by Gasteiger charge is 2.09. The Morgan fingerprint density at radius 3 is 2.55 bits per heavy atom. The van der Waals surface area contributed by atoms with Crippen molar-refractivity contribution in [2.75, 3.05) is 7.11 Å². The lowest BCUT2D eigenvalue weighted by molar-refractivity contribution is 0.386. The molecule has 1 aromatic carbocycles. The van der Waals surface area contributed by atoms with Gasteiger partial charge in [0, 0.05) is 0 Å². The van der Waals surface area contributed by atoms with Crippen molar-refractivity contribution in [3.05, 3.63) is 17.2 Å². The molecule has 0 spiro atoms. The van der Waals surface area contributed by atoms with Crippen LogP contribution in [0.1, 0.15) is 0 Å². The van der Waals surface area contributed by atoms with Crippen molar-refractivity contribution in [3.63, 3.8) is 0 Å². The molecule has 0 aliphatic carbocycles. The molecule has 0 aromatic heterocycles. The van der Waals surface area contributed by atoms with E-state index in [0.717, 1.165) is 0 Å². The van der Waals surface area contributed by atoms with Crippen LogP contribution < -0.4 is 4.74 Å². The number of rotatable bonds is 1. The van der Waals surface area contributed by atoms with Crippen molar-refractivity contribution >= 4 is 11.6 Å².